The number of nitrogens with zero attached hydrogens (tertiary/aromatic N) is 4. The van der Waals surface area contributed by atoms with Crippen LogP contribution in [0, 0.1) is 6.92 Å². The van der Waals surface area contributed by atoms with Gasteiger partial charge in [0.15, 0.2) is 0 Å². The molecular weight excluding hydrogens is 234 g/mol. The molecule has 0 bridgehead atoms. The second kappa shape index (κ2) is 5.46. The monoisotopic (exact) mass is 249 g/mol. The van der Waals surface area contributed by atoms with Gasteiger partial charge in [0.2, 0.25) is 5.91 Å². The Hall–Kier alpha value is -2.15. The highest BCUT2D eigenvalue weighted by molar-refractivity contribution is 5.90. The lowest BCUT2D eigenvalue weighted by atomic mass is 10.4. The largest absolute Gasteiger partial charge is 0.362 e. The molecule has 2 aromatic rings. The van der Waals surface area contributed by atoms with Crippen molar-refractivity contribution in [3.63, 3.8) is 0 Å². The summed E-state index contributed by atoms with van der Waals surface area (Å²) >= 11 is 0. The van der Waals surface area contributed by atoms with Gasteiger partial charge >= 0.3 is 0 Å². The third-order valence-electron chi connectivity index (χ3n) is 2.40. The van der Waals surface area contributed by atoms with Gasteiger partial charge in [0.1, 0.15) is 13.3 Å². The maximum atomic E-state index is 11.8. The molecule has 0 saturated carbocycles. The van der Waals surface area contributed by atoms with Crippen molar-refractivity contribution in [3.8, 4) is 0 Å². The quantitative estimate of drug-likeness (QED) is 0.843. The fourth-order valence-corrected chi connectivity index (χ4v) is 1.53. The van der Waals surface area contributed by atoms with E-state index in [0.29, 0.717) is 12.4 Å². The summed E-state index contributed by atoms with van der Waals surface area (Å²) in [4.78, 5) is 11.8. The molecule has 7 heteroatoms. The normalized spacial score (nSPS) is 10.6. The van der Waals surface area contributed by atoms with Crippen LogP contribution in [0.15, 0.2) is 24.7 Å². The Bertz CT molecular complexity index is 531. The van der Waals surface area contributed by atoms with Crippen LogP contribution in [0.1, 0.15) is 5.69 Å². The van der Waals surface area contributed by atoms with E-state index in [4.69, 9.17) is 4.74 Å². The van der Waals surface area contributed by atoms with Crippen molar-refractivity contribution in [2.45, 2.75) is 20.2 Å². The minimum absolute atomic E-state index is 0.140. The first-order valence-corrected chi connectivity index (χ1v) is 5.48. The molecule has 18 heavy (non-hydrogen) atoms. The van der Waals surface area contributed by atoms with Crippen molar-refractivity contribution in [1.82, 2.24) is 19.6 Å². The minimum Gasteiger partial charge on any atom is -0.362 e. The van der Waals surface area contributed by atoms with Crippen LogP contribution in [0.4, 0.5) is 5.69 Å². The number of nitrogens with one attached hydrogen (secondary N) is 1. The van der Waals surface area contributed by atoms with Crippen molar-refractivity contribution >= 4 is 11.6 Å². The molecule has 0 aliphatic carbocycles. The van der Waals surface area contributed by atoms with Gasteiger partial charge < -0.3 is 10.1 Å². The Balaban J connectivity index is 1.92. The SMILES string of the molecule is COCn1cc(NC(=O)Cn2nccc2C)cn1. The Labute approximate surface area is 104 Å². The molecule has 1 amide bonds. The highest BCUT2D eigenvalue weighted by Crippen LogP contribution is 2.05. The molecule has 1 N–H and O–H groups in total. The van der Waals surface area contributed by atoms with E-state index < -0.39 is 0 Å². The first kappa shape index (κ1) is 12.3. The minimum atomic E-state index is -0.140. The third kappa shape index (κ3) is 2.95. The zero-order valence-corrected chi connectivity index (χ0v) is 10.3. The smallest absolute Gasteiger partial charge is 0.246 e. The summed E-state index contributed by atoms with van der Waals surface area (Å²) in [6.07, 6.45) is 4.95. The van der Waals surface area contributed by atoms with Gasteiger partial charge in [0.25, 0.3) is 0 Å². The molecule has 0 aliphatic heterocycles. The van der Waals surface area contributed by atoms with E-state index in [1.807, 2.05) is 13.0 Å². The molecule has 0 aliphatic rings. The van der Waals surface area contributed by atoms with E-state index in [1.54, 1.807) is 35.1 Å². The second-order valence-corrected chi connectivity index (χ2v) is 3.86. The molecule has 0 fully saturated rings. The summed E-state index contributed by atoms with van der Waals surface area (Å²) in [6, 6.07) is 1.85. The molecular formula is C11H15N5O2. The molecule has 0 spiro atoms. The molecule has 0 unspecified atom stereocenters. The van der Waals surface area contributed by atoms with E-state index in [-0.39, 0.29) is 12.5 Å². The number of hydrogen-bond acceptors (Lipinski definition) is 4. The number of aryl methyl sites for hydroxylation is 1. The van der Waals surface area contributed by atoms with Crippen LogP contribution in [-0.4, -0.2) is 32.6 Å². The Morgan fingerprint density at radius 2 is 2.33 bits per heavy atom. The zero-order valence-electron chi connectivity index (χ0n) is 10.3. The predicted octanol–water partition coefficient (Wildman–Crippen LogP) is 0.631. The van der Waals surface area contributed by atoms with E-state index in [2.05, 4.69) is 15.5 Å². The van der Waals surface area contributed by atoms with Gasteiger partial charge in [-0.25, -0.2) is 4.68 Å². The average molecular weight is 249 g/mol. The summed E-state index contributed by atoms with van der Waals surface area (Å²) in [5.74, 6) is -0.140. The van der Waals surface area contributed by atoms with E-state index in [9.17, 15) is 4.79 Å². The molecule has 2 heterocycles. The fraction of sp³-hybridized carbons (Fsp3) is 0.364. The van der Waals surface area contributed by atoms with Gasteiger partial charge in [-0.15, -0.1) is 0 Å². The predicted molar refractivity (Wildman–Crippen MR) is 64.8 cm³/mol. The van der Waals surface area contributed by atoms with Crippen molar-refractivity contribution in [3.05, 3.63) is 30.4 Å². The highest BCUT2D eigenvalue weighted by atomic mass is 16.5. The first-order valence-electron chi connectivity index (χ1n) is 5.48. The van der Waals surface area contributed by atoms with Crippen molar-refractivity contribution in [2.75, 3.05) is 12.4 Å². The summed E-state index contributed by atoms with van der Waals surface area (Å²) in [5, 5.41) is 10.8. The number of anilines is 1. The topological polar surface area (TPSA) is 74.0 Å². The van der Waals surface area contributed by atoms with E-state index in [1.165, 1.54) is 0 Å². The summed E-state index contributed by atoms with van der Waals surface area (Å²) in [7, 11) is 1.58. The van der Waals surface area contributed by atoms with Gasteiger partial charge in [-0.05, 0) is 13.0 Å². The molecule has 96 valence electrons. The van der Waals surface area contributed by atoms with Crippen molar-refractivity contribution in [2.24, 2.45) is 0 Å². The van der Waals surface area contributed by atoms with E-state index in [0.717, 1.165) is 5.69 Å². The Morgan fingerprint density at radius 1 is 1.50 bits per heavy atom. The van der Waals surface area contributed by atoms with Gasteiger partial charge in [-0.2, -0.15) is 10.2 Å². The summed E-state index contributed by atoms with van der Waals surface area (Å²) in [5.41, 5.74) is 1.59. The van der Waals surface area contributed by atoms with Crippen LogP contribution in [-0.2, 0) is 22.8 Å². The van der Waals surface area contributed by atoms with Crippen LogP contribution in [0.3, 0.4) is 0 Å². The van der Waals surface area contributed by atoms with Crippen LogP contribution in [0.2, 0.25) is 0 Å². The number of carbonyl (C=O) groups excluding carboxylic acids is 1. The number of methoxy groups -OCH3 is 1. The number of carbonyl (C=O) groups is 1. The van der Waals surface area contributed by atoms with Gasteiger partial charge in [0.05, 0.1) is 18.1 Å². The van der Waals surface area contributed by atoms with Crippen LogP contribution < -0.4 is 5.32 Å². The molecule has 2 aromatic heterocycles. The van der Waals surface area contributed by atoms with Crippen LogP contribution in [0.5, 0.6) is 0 Å². The van der Waals surface area contributed by atoms with Gasteiger partial charge in [0, 0.05) is 19.0 Å². The second-order valence-electron chi connectivity index (χ2n) is 3.86. The van der Waals surface area contributed by atoms with Gasteiger partial charge in [-0.3, -0.25) is 9.48 Å². The zero-order chi connectivity index (χ0) is 13.0. The van der Waals surface area contributed by atoms with Crippen molar-refractivity contribution in [1.29, 1.82) is 0 Å². The summed E-state index contributed by atoms with van der Waals surface area (Å²) in [6.45, 7) is 2.44. The average Bonchev–Trinajstić information content (AvgIpc) is 2.90. The number of amides is 1. The van der Waals surface area contributed by atoms with Crippen LogP contribution >= 0.6 is 0 Å². The molecule has 0 saturated heterocycles. The molecule has 0 atom stereocenters. The Kier molecular flexibility index (Phi) is 3.73. The fourth-order valence-electron chi connectivity index (χ4n) is 1.53. The van der Waals surface area contributed by atoms with Crippen LogP contribution in [0.25, 0.3) is 0 Å². The van der Waals surface area contributed by atoms with E-state index >= 15 is 0 Å². The standard InChI is InChI=1S/C11H15N5O2/c1-9-3-4-12-16(9)7-11(17)14-10-5-13-15(6-10)8-18-2/h3-6H,7-8H2,1-2H3,(H,14,17). The lowest BCUT2D eigenvalue weighted by Crippen LogP contribution is -2.19. The third-order valence-corrected chi connectivity index (χ3v) is 2.40. The van der Waals surface area contributed by atoms with Crippen molar-refractivity contribution < 1.29 is 9.53 Å². The maximum absolute atomic E-state index is 11.8. The molecule has 0 radical (unpaired) electrons. The number of aromatic nitrogens is 4. The number of ether oxygens (including phenoxy) is 1. The van der Waals surface area contributed by atoms with Gasteiger partial charge in [-0.1, -0.05) is 0 Å². The summed E-state index contributed by atoms with van der Waals surface area (Å²) < 4.78 is 8.15. The first-order chi connectivity index (χ1) is 8.69. The highest BCUT2D eigenvalue weighted by Gasteiger charge is 2.07. The Morgan fingerprint density at radius 3 is 3.00 bits per heavy atom. The number of hydrogen-bond donors (Lipinski definition) is 1. The molecule has 2 rings (SSSR count). The number of rotatable bonds is 5. The lowest BCUT2D eigenvalue weighted by molar-refractivity contribution is -0.116. The lowest BCUT2D eigenvalue weighted by Gasteiger charge is -2.04. The molecule has 7 nitrogen and oxygen atoms in total. The maximum Gasteiger partial charge on any atom is 0.246 e. The molecule has 0 aromatic carbocycles.